The van der Waals surface area contributed by atoms with Gasteiger partial charge >= 0.3 is 0 Å². The van der Waals surface area contributed by atoms with E-state index in [1.54, 1.807) is 27.4 Å². The van der Waals surface area contributed by atoms with Gasteiger partial charge < -0.3 is 24.8 Å². The van der Waals surface area contributed by atoms with Crippen LogP contribution in [0.3, 0.4) is 0 Å². The molecule has 0 spiro atoms. The van der Waals surface area contributed by atoms with E-state index < -0.39 is 0 Å². The Hall–Kier alpha value is -2.96. The average molecular weight is 401 g/mol. The van der Waals surface area contributed by atoms with E-state index in [-0.39, 0.29) is 17.8 Å². The van der Waals surface area contributed by atoms with Crippen molar-refractivity contribution in [2.45, 2.75) is 31.8 Å². The lowest BCUT2D eigenvalue weighted by atomic mass is 10.1. The van der Waals surface area contributed by atoms with Crippen molar-refractivity contribution in [2.24, 2.45) is 4.99 Å². The number of guanidine groups is 1. The third-order valence-electron chi connectivity index (χ3n) is 4.91. The first-order chi connectivity index (χ1) is 14.1. The molecule has 0 bridgehead atoms. The van der Waals surface area contributed by atoms with Crippen LogP contribution in [0, 0.1) is 5.82 Å². The molecule has 0 aromatic heterocycles. The maximum absolute atomic E-state index is 14.0. The molecule has 2 atom stereocenters. The molecule has 29 heavy (non-hydrogen) atoms. The number of benzene rings is 2. The summed E-state index contributed by atoms with van der Waals surface area (Å²) in [5.41, 5.74) is 1.68. The first-order valence-electron chi connectivity index (χ1n) is 9.69. The summed E-state index contributed by atoms with van der Waals surface area (Å²) in [7, 11) is 4.75. The Morgan fingerprint density at radius 2 is 1.79 bits per heavy atom. The molecule has 0 aliphatic heterocycles. The molecule has 156 valence electrons. The van der Waals surface area contributed by atoms with Crippen LogP contribution in [0.1, 0.15) is 30.4 Å². The number of halogens is 1. The van der Waals surface area contributed by atoms with E-state index in [0.29, 0.717) is 29.8 Å². The van der Waals surface area contributed by atoms with Crippen LogP contribution >= 0.6 is 0 Å². The predicted octanol–water partition coefficient (Wildman–Crippen LogP) is 3.46. The highest BCUT2D eigenvalue weighted by atomic mass is 19.1. The van der Waals surface area contributed by atoms with Crippen molar-refractivity contribution in [3.05, 3.63) is 53.3 Å². The molecule has 2 unspecified atom stereocenters. The minimum absolute atomic E-state index is 0.152. The molecule has 0 radical (unpaired) electrons. The number of aliphatic imine (C=N–C) groups is 1. The van der Waals surface area contributed by atoms with E-state index in [1.165, 1.54) is 6.07 Å². The maximum Gasteiger partial charge on any atom is 0.203 e. The largest absolute Gasteiger partial charge is 0.493 e. The Labute approximate surface area is 171 Å². The summed E-state index contributed by atoms with van der Waals surface area (Å²) in [6.07, 6.45) is 0.884. The van der Waals surface area contributed by atoms with Gasteiger partial charge in [0.2, 0.25) is 5.75 Å². The molecule has 2 N–H and O–H groups in total. The Kier molecular flexibility index (Phi) is 6.80. The van der Waals surface area contributed by atoms with Crippen LogP contribution in [-0.4, -0.2) is 39.9 Å². The highest BCUT2D eigenvalue weighted by Gasteiger charge is 2.40. The van der Waals surface area contributed by atoms with Gasteiger partial charge in [-0.1, -0.05) is 18.2 Å². The zero-order chi connectivity index (χ0) is 20.8. The van der Waals surface area contributed by atoms with Crippen molar-refractivity contribution in [3.8, 4) is 17.2 Å². The molecule has 1 aliphatic carbocycles. The van der Waals surface area contributed by atoms with Gasteiger partial charge in [-0.3, -0.25) is 0 Å². The van der Waals surface area contributed by atoms with E-state index >= 15 is 0 Å². The second kappa shape index (κ2) is 9.49. The topological polar surface area (TPSA) is 64.1 Å². The van der Waals surface area contributed by atoms with Gasteiger partial charge in [0, 0.05) is 18.5 Å². The molecule has 2 aromatic rings. The van der Waals surface area contributed by atoms with Crippen molar-refractivity contribution in [3.63, 3.8) is 0 Å². The van der Waals surface area contributed by atoms with Crippen LogP contribution in [0.4, 0.5) is 4.39 Å². The van der Waals surface area contributed by atoms with Gasteiger partial charge in [0.05, 0.1) is 27.9 Å². The van der Waals surface area contributed by atoms with Crippen molar-refractivity contribution in [1.82, 2.24) is 10.6 Å². The third-order valence-corrected chi connectivity index (χ3v) is 4.91. The number of hydrogen-bond acceptors (Lipinski definition) is 4. The SMILES string of the molecule is CCNC(=NCc1cc(OC)c(OC)c(OC)c1)NC1CC1c1ccccc1F. The summed E-state index contributed by atoms with van der Waals surface area (Å²) in [6.45, 7) is 3.18. The summed E-state index contributed by atoms with van der Waals surface area (Å²) >= 11 is 0. The third kappa shape index (κ3) is 4.91. The summed E-state index contributed by atoms with van der Waals surface area (Å²) in [4.78, 5) is 4.67. The quantitative estimate of drug-likeness (QED) is 0.524. The number of methoxy groups -OCH3 is 3. The molecule has 6 nitrogen and oxygen atoms in total. The van der Waals surface area contributed by atoms with Gasteiger partial charge in [0.25, 0.3) is 0 Å². The Morgan fingerprint density at radius 1 is 1.10 bits per heavy atom. The van der Waals surface area contributed by atoms with Crippen LogP contribution in [-0.2, 0) is 6.54 Å². The van der Waals surface area contributed by atoms with Gasteiger partial charge in [-0.05, 0) is 42.7 Å². The highest BCUT2D eigenvalue weighted by molar-refractivity contribution is 5.80. The summed E-state index contributed by atoms with van der Waals surface area (Å²) in [5.74, 6) is 2.46. The number of ether oxygens (including phenoxy) is 3. The molecule has 1 fully saturated rings. The Balaban J connectivity index is 1.71. The minimum Gasteiger partial charge on any atom is -0.493 e. The zero-order valence-corrected chi connectivity index (χ0v) is 17.3. The van der Waals surface area contributed by atoms with Crippen LogP contribution in [0.2, 0.25) is 0 Å². The monoisotopic (exact) mass is 401 g/mol. The summed E-state index contributed by atoms with van der Waals surface area (Å²) in [6, 6.07) is 10.9. The van der Waals surface area contributed by atoms with E-state index in [1.807, 2.05) is 31.2 Å². The number of hydrogen-bond donors (Lipinski definition) is 2. The lowest BCUT2D eigenvalue weighted by molar-refractivity contribution is 0.324. The van der Waals surface area contributed by atoms with E-state index in [2.05, 4.69) is 15.6 Å². The molecule has 3 rings (SSSR count). The zero-order valence-electron chi connectivity index (χ0n) is 17.3. The Morgan fingerprint density at radius 3 is 2.38 bits per heavy atom. The second-order valence-corrected chi connectivity index (χ2v) is 6.84. The van der Waals surface area contributed by atoms with Crippen molar-refractivity contribution < 1.29 is 18.6 Å². The lowest BCUT2D eigenvalue weighted by Crippen LogP contribution is -2.39. The lowest BCUT2D eigenvalue weighted by Gasteiger charge is -2.14. The standard InChI is InChI=1S/C22H28FN3O3/c1-5-24-22(26-18-12-16(18)15-8-6-7-9-17(15)23)25-13-14-10-19(27-2)21(29-4)20(11-14)28-3/h6-11,16,18H,5,12-13H2,1-4H3,(H2,24,25,26). The maximum atomic E-state index is 14.0. The van der Waals surface area contributed by atoms with E-state index in [4.69, 9.17) is 14.2 Å². The number of nitrogens with zero attached hydrogens (tertiary/aromatic N) is 1. The second-order valence-electron chi connectivity index (χ2n) is 6.84. The first kappa shape index (κ1) is 20.8. The molecule has 0 amide bonds. The molecule has 1 aliphatic rings. The van der Waals surface area contributed by atoms with E-state index in [0.717, 1.165) is 24.1 Å². The first-order valence-corrected chi connectivity index (χ1v) is 9.69. The minimum atomic E-state index is -0.152. The molecule has 2 aromatic carbocycles. The van der Waals surface area contributed by atoms with Gasteiger partial charge in [-0.15, -0.1) is 0 Å². The molecule has 0 saturated heterocycles. The Bertz CT molecular complexity index is 847. The van der Waals surface area contributed by atoms with Crippen LogP contribution in [0.5, 0.6) is 17.2 Å². The van der Waals surface area contributed by atoms with Gasteiger partial charge in [0.15, 0.2) is 17.5 Å². The van der Waals surface area contributed by atoms with Crippen molar-refractivity contribution >= 4 is 5.96 Å². The van der Waals surface area contributed by atoms with E-state index in [9.17, 15) is 4.39 Å². The molecule has 0 heterocycles. The molecule has 1 saturated carbocycles. The average Bonchev–Trinajstić information content (AvgIpc) is 3.50. The summed E-state index contributed by atoms with van der Waals surface area (Å²) < 4.78 is 30.2. The van der Waals surface area contributed by atoms with Crippen LogP contribution < -0.4 is 24.8 Å². The van der Waals surface area contributed by atoms with Crippen LogP contribution in [0.25, 0.3) is 0 Å². The number of rotatable bonds is 8. The fourth-order valence-corrected chi connectivity index (χ4v) is 3.37. The molecular formula is C22H28FN3O3. The highest BCUT2D eigenvalue weighted by Crippen LogP contribution is 2.42. The number of nitrogens with one attached hydrogen (secondary N) is 2. The van der Waals surface area contributed by atoms with Gasteiger partial charge in [-0.2, -0.15) is 0 Å². The van der Waals surface area contributed by atoms with Gasteiger partial charge in [0.1, 0.15) is 5.82 Å². The smallest absolute Gasteiger partial charge is 0.203 e. The molecular weight excluding hydrogens is 373 g/mol. The fourth-order valence-electron chi connectivity index (χ4n) is 3.37. The molecule has 7 heteroatoms. The fraction of sp³-hybridized carbons (Fsp3) is 0.409. The predicted molar refractivity (Wildman–Crippen MR) is 112 cm³/mol. The van der Waals surface area contributed by atoms with Crippen LogP contribution in [0.15, 0.2) is 41.4 Å². The van der Waals surface area contributed by atoms with Crippen molar-refractivity contribution in [1.29, 1.82) is 0 Å². The van der Waals surface area contributed by atoms with Gasteiger partial charge in [-0.25, -0.2) is 9.38 Å². The normalized spacial score (nSPS) is 18.2. The van der Waals surface area contributed by atoms with Crippen molar-refractivity contribution in [2.75, 3.05) is 27.9 Å². The summed E-state index contributed by atoms with van der Waals surface area (Å²) in [5, 5.41) is 6.65.